The molecule has 1 atom stereocenters. The summed E-state index contributed by atoms with van der Waals surface area (Å²) in [5.41, 5.74) is 0.824. The van der Waals surface area contributed by atoms with Crippen molar-refractivity contribution in [3.63, 3.8) is 0 Å². The Labute approximate surface area is 110 Å². The van der Waals surface area contributed by atoms with Gasteiger partial charge in [0.2, 0.25) is 0 Å². The number of hydrogen-bond donors (Lipinski definition) is 0. The molecule has 0 aromatic carbocycles. The Morgan fingerprint density at radius 1 is 1.39 bits per heavy atom. The number of ether oxygens (including phenoxy) is 2. The van der Waals surface area contributed by atoms with E-state index in [1.165, 1.54) is 19.3 Å². The van der Waals surface area contributed by atoms with E-state index in [1.54, 1.807) is 6.26 Å². The normalized spacial score (nSPS) is 23.1. The van der Waals surface area contributed by atoms with Crippen LogP contribution in [0.3, 0.4) is 0 Å². The molecular formula is C15H24O3. The van der Waals surface area contributed by atoms with Crippen LogP contribution in [0, 0.1) is 5.92 Å². The Morgan fingerprint density at radius 3 is 2.78 bits per heavy atom. The fourth-order valence-electron chi connectivity index (χ4n) is 2.97. The molecule has 0 amide bonds. The summed E-state index contributed by atoms with van der Waals surface area (Å²) in [6.07, 6.45) is 9.23. The van der Waals surface area contributed by atoms with Crippen molar-refractivity contribution in [2.24, 2.45) is 5.92 Å². The van der Waals surface area contributed by atoms with Gasteiger partial charge >= 0.3 is 0 Å². The van der Waals surface area contributed by atoms with Crippen molar-refractivity contribution in [1.82, 2.24) is 0 Å². The molecule has 0 N–H and O–H groups in total. The first kappa shape index (κ1) is 13.6. The molecule has 0 spiro atoms. The summed E-state index contributed by atoms with van der Waals surface area (Å²) >= 11 is 0. The predicted molar refractivity (Wildman–Crippen MR) is 70.3 cm³/mol. The molecule has 0 radical (unpaired) electrons. The Bertz CT molecular complexity index is 303. The minimum Gasteiger partial charge on any atom is -0.501 e. The monoisotopic (exact) mass is 252 g/mol. The summed E-state index contributed by atoms with van der Waals surface area (Å²) in [5, 5.41) is 0. The fourth-order valence-corrected chi connectivity index (χ4v) is 2.97. The number of Topliss-reactive ketones (excluding diaryl/α,β-unsaturated/α-hetero) is 1. The zero-order valence-corrected chi connectivity index (χ0v) is 11.3. The van der Waals surface area contributed by atoms with Gasteiger partial charge < -0.3 is 9.47 Å². The molecule has 3 heteroatoms. The lowest BCUT2D eigenvalue weighted by atomic mass is 9.82. The van der Waals surface area contributed by atoms with E-state index >= 15 is 0 Å². The Hall–Kier alpha value is -0.830. The Morgan fingerprint density at radius 2 is 2.17 bits per heavy atom. The minimum atomic E-state index is -0.233. The first-order valence-corrected chi connectivity index (χ1v) is 7.29. The number of hydrogen-bond acceptors (Lipinski definition) is 3. The van der Waals surface area contributed by atoms with Crippen LogP contribution in [-0.4, -0.2) is 25.1 Å². The molecule has 0 bridgehead atoms. The third kappa shape index (κ3) is 3.35. The molecule has 102 valence electrons. The van der Waals surface area contributed by atoms with Crippen LogP contribution in [0.15, 0.2) is 11.8 Å². The van der Waals surface area contributed by atoms with Gasteiger partial charge in [-0.1, -0.05) is 19.3 Å². The molecule has 2 aliphatic rings. The van der Waals surface area contributed by atoms with Crippen LogP contribution in [-0.2, 0) is 14.3 Å². The van der Waals surface area contributed by atoms with Gasteiger partial charge in [0.25, 0.3) is 0 Å². The summed E-state index contributed by atoms with van der Waals surface area (Å²) < 4.78 is 11.0. The fraction of sp³-hybridized carbons (Fsp3) is 0.800. The molecule has 1 heterocycles. The average molecular weight is 252 g/mol. The van der Waals surface area contributed by atoms with Crippen molar-refractivity contribution in [2.45, 2.75) is 58.0 Å². The number of carbonyl (C=O) groups excluding carboxylic acids is 1. The van der Waals surface area contributed by atoms with Crippen molar-refractivity contribution in [3.8, 4) is 0 Å². The topological polar surface area (TPSA) is 35.5 Å². The van der Waals surface area contributed by atoms with Crippen molar-refractivity contribution in [1.29, 1.82) is 0 Å². The quantitative estimate of drug-likeness (QED) is 0.753. The van der Waals surface area contributed by atoms with Crippen LogP contribution in [0.2, 0.25) is 0 Å². The lowest BCUT2D eigenvalue weighted by molar-refractivity contribution is -0.131. The van der Waals surface area contributed by atoms with E-state index in [0.29, 0.717) is 12.5 Å². The van der Waals surface area contributed by atoms with E-state index in [-0.39, 0.29) is 11.9 Å². The second-order valence-electron chi connectivity index (χ2n) is 5.26. The second kappa shape index (κ2) is 6.93. The number of carbonyl (C=O) groups is 1. The predicted octanol–water partition coefficient (Wildman–Crippen LogP) is 3.24. The first-order valence-electron chi connectivity index (χ1n) is 7.29. The molecule has 1 fully saturated rings. The standard InChI is InChI=1S/C15H24O3/c1-2-18-15(12-7-4-3-5-8-12)14(16)13-9-6-10-17-11-13/h11-12,15H,2-10H2,1H3. The van der Waals surface area contributed by atoms with Gasteiger partial charge in [0.1, 0.15) is 6.10 Å². The summed E-state index contributed by atoms with van der Waals surface area (Å²) in [4.78, 5) is 12.5. The summed E-state index contributed by atoms with van der Waals surface area (Å²) in [7, 11) is 0. The smallest absolute Gasteiger partial charge is 0.190 e. The SMILES string of the molecule is CCOC(C(=O)C1=COCCC1)C1CCCCC1. The van der Waals surface area contributed by atoms with Gasteiger partial charge in [0.05, 0.1) is 12.9 Å². The van der Waals surface area contributed by atoms with Crippen molar-refractivity contribution < 1.29 is 14.3 Å². The van der Waals surface area contributed by atoms with Crippen molar-refractivity contribution in [2.75, 3.05) is 13.2 Å². The molecule has 1 saturated carbocycles. The van der Waals surface area contributed by atoms with E-state index in [1.807, 2.05) is 6.92 Å². The molecule has 18 heavy (non-hydrogen) atoms. The lowest BCUT2D eigenvalue weighted by Gasteiger charge is -2.30. The van der Waals surface area contributed by atoms with Crippen LogP contribution >= 0.6 is 0 Å². The van der Waals surface area contributed by atoms with E-state index < -0.39 is 0 Å². The second-order valence-corrected chi connectivity index (χ2v) is 5.26. The van der Waals surface area contributed by atoms with Crippen LogP contribution in [0.25, 0.3) is 0 Å². The average Bonchev–Trinajstić information content (AvgIpc) is 2.46. The maximum absolute atomic E-state index is 12.5. The van der Waals surface area contributed by atoms with E-state index in [0.717, 1.165) is 37.9 Å². The zero-order valence-electron chi connectivity index (χ0n) is 11.3. The van der Waals surface area contributed by atoms with Crippen LogP contribution < -0.4 is 0 Å². The maximum atomic E-state index is 12.5. The third-order valence-corrected chi connectivity index (χ3v) is 3.93. The van der Waals surface area contributed by atoms with E-state index in [9.17, 15) is 4.79 Å². The van der Waals surface area contributed by atoms with E-state index in [4.69, 9.17) is 9.47 Å². The highest BCUT2D eigenvalue weighted by atomic mass is 16.5. The highest BCUT2D eigenvalue weighted by molar-refractivity contribution is 5.98. The highest BCUT2D eigenvalue weighted by Gasteiger charge is 2.32. The Balaban J connectivity index is 2.03. The van der Waals surface area contributed by atoms with Crippen LogP contribution in [0.1, 0.15) is 51.9 Å². The number of ketones is 1. The summed E-state index contributed by atoms with van der Waals surface area (Å²) in [6, 6.07) is 0. The van der Waals surface area contributed by atoms with Crippen molar-refractivity contribution >= 4 is 5.78 Å². The minimum absolute atomic E-state index is 0.170. The molecule has 1 unspecified atom stereocenters. The van der Waals surface area contributed by atoms with Crippen LogP contribution in [0.4, 0.5) is 0 Å². The van der Waals surface area contributed by atoms with Crippen LogP contribution in [0.5, 0.6) is 0 Å². The number of rotatable bonds is 5. The molecule has 2 rings (SSSR count). The molecule has 1 aliphatic heterocycles. The zero-order chi connectivity index (χ0) is 12.8. The lowest BCUT2D eigenvalue weighted by Crippen LogP contribution is -2.35. The van der Waals surface area contributed by atoms with Gasteiger partial charge in [0.15, 0.2) is 5.78 Å². The molecule has 1 aliphatic carbocycles. The third-order valence-electron chi connectivity index (χ3n) is 3.93. The molecule has 3 nitrogen and oxygen atoms in total. The van der Waals surface area contributed by atoms with Gasteiger partial charge in [-0.05, 0) is 38.5 Å². The van der Waals surface area contributed by atoms with Gasteiger partial charge in [0, 0.05) is 12.2 Å². The maximum Gasteiger partial charge on any atom is 0.190 e. The Kier molecular flexibility index (Phi) is 5.24. The summed E-state index contributed by atoms with van der Waals surface area (Å²) in [6.45, 7) is 3.31. The largest absolute Gasteiger partial charge is 0.501 e. The van der Waals surface area contributed by atoms with Gasteiger partial charge in [-0.3, -0.25) is 4.79 Å². The molecule has 0 saturated heterocycles. The summed E-state index contributed by atoms with van der Waals surface area (Å²) in [5.74, 6) is 0.581. The molecular weight excluding hydrogens is 228 g/mol. The van der Waals surface area contributed by atoms with Gasteiger partial charge in [-0.2, -0.15) is 0 Å². The van der Waals surface area contributed by atoms with Gasteiger partial charge in [-0.25, -0.2) is 0 Å². The first-order chi connectivity index (χ1) is 8.83. The molecule has 0 aromatic rings. The highest BCUT2D eigenvalue weighted by Crippen LogP contribution is 2.30. The van der Waals surface area contributed by atoms with Gasteiger partial charge in [-0.15, -0.1) is 0 Å². The van der Waals surface area contributed by atoms with E-state index in [2.05, 4.69) is 0 Å². The molecule has 0 aromatic heterocycles. The van der Waals surface area contributed by atoms with Crippen molar-refractivity contribution in [3.05, 3.63) is 11.8 Å².